The summed E-state index contributed by atoms with van der Waals surface area (Å²) in [5.74, 6) is 0.306. The first-order valence-corrected chi connectivity index (χ1v) is 7.64. The lowest BCUT2D eigenvalue weighted by molar-refractivity contribution is 0.0852. The molecule has 23 heavy (non-hydrogen) atoms. The second-order valence-electron chi connectivity index (χ2n) is 5.53. The summed E-state index contributed by atoms with van der Waals surface area (Å²) in [6.07, 6.45) is 0.814. The SMILES string of the molecule is CC(NC(=O)c1cccnc1N(C)C)C(O)c1ccc(Cl)cc1. The van der Waals surface area contributed by atoms with Crippen LogP contribution in [0.2, 0.25) is 5.02 Å². The highest BCUT2D eigenvalue weighted by molar-refractivity contribution is 6.30. The summed E-state index contributed by atoms with van der Waals surface area (Å²) in [5, 5.41) is 13.8. The van der Waals surface area contributed by atoms with Crippen LogP contribution in [0.3, 0.4) is 0 Å². The van der Waals surface area contributed by atoms with E-state index in [-0.39, 0.29) is 5.91 Å². The van der Waals surface area contributed by atoms with Gasteiger partial charge in [-0.25, -0.2) is 4.98 Å². The van der Waals surface area contributed by atoms with Gasteiger partial charge in [-0.15, -0.1) is 0 Å². The van der Waals surface area contributed by atoms with Gasteiger partial charge >= 0.3 is 0 Å². The summed E-state index contributed by atoms with van der Waals surface area (Å²) in [4.78, 5) is 18.4. The highest BCUT2D eigenvalue weighted by Crippen LogP contribution is 2.20. The monoisotopic (exact) mass is 333 g/mol. The van der Waals surface area contributed by atoms with E-state index >= 15 is 0 Å². The van der Waals surface area contributed by atoms with Crippen molar-refractivity contribution in [3.05, 3.63) is 58.7 Å². The van der Waals surface area contributed by atoms with Crippen molar-refractivity contribution in [2.75, 3.05) is 19.0 Å². The Kier molecular flexibility index (Phi) is 5.58. The minimum atomic E-state index is -0.823. The third-order valence-electron chi connectivity index (χ3n) is 3.50. The van der Waals surface area contributed by atoms with Crippen molar-refractivity contribution in [3.8, 4) is 0 Å². The van der Waals surface area contributed by atoms with Crippen LogP contribution in [-0.4, -0.2) is 36.1 Å². The third-order valence-corrected chi connectivity index (χ3v) is 3.75. The molecule has 0 saturated carbocycles. The summed E-state index contributed by atoms with van der Waals surface area (Å²) in [6, 6.07) is 9.86. The number of nitrogens with zero attached hydrogens (tertiary/aromatic N) is 2. The standard InChI is InChI=1S/C17H20ClN3O2/c1-11(15(22)12-6-8-13(18)9-7-12)20-17(23)14-5-4-10-19-16(14)21(2)3/h4-11,15,22H,1-3H3,(H,20,23). The minimum Gasteiger partial charge on any atom is -0.386 e. The molecule has 0 aliphatic heterocycles. The number of aromatic nitrogens is 1. The van der Waals surface area contributed by atoms with E-state index in [0.717, 1.165) is 0 Å². The van der Waals surface area contributed by atoms with E-state index in [2.05, 4.69) is 10.3 Å². The van der Waals surface area contributed by atoms with Gasteiger partial charge in [-0.1, -0.05) is 23.7 Å². The normalized spacial score (nSPS) is 13.3. The largest absolute Gasteiger partial charge is 0.386 e. The maximum Gasteiger partial charge on any atom is 0.255 e. The van der Waals surface area contributed by atoms with Gasteiger partial charge in [-0.2, -0.15) is 0 Å². The van der Waals surface area contributed by atoms with Crippen molar-refractivity contribution in [1.29, 1.82) is 0 Å². The van der Waals surface area contributed by atoms with Crippen LogP contribution in [0, 0.1) is 0 Å². The van der Waals surface area contributed by atoms with Gasteiger partial charge in [0.15, 0.2) is 0 Å². The van der Waals surface area contributed by atoms with Crippen LogP contribution in [0.5, 0.6) is 0 Å². The molecule has 2 aromatic rings. The first kappa shape index (κ1) is 17.2. The topological polar surface area (TPSA) is 65.5 Å². The average molecular weight is 334 g/mol. The number of rotatable bonds is 5. The van der Waals surface area contributed by atoms with E-state index in [1.165, 1.54) is 0 Å². The second kappa shape index (κ2) is 7.44. The van der Waals surface area contributed by atoms with Crippen LogP contribution in [-0.2, 0) is 0 Å². The fourth-order valence-corrected chi connectivity index (χ4v) is 2.37. The smallest absolute Gasteiger partial charge is 0.255 e. The van der Waals surface area contributed by atoms with Gasteiger partial charge in [0.2, 0.25) is 0 Å². The van der Waals surface area contributed by atoms with E-state index in [4.69, 9.17) is 11.6 Å². The summed E-state index contributed by atoms with van der Waals surface area (Å²) in [5.41, 5.74) is 1.16. The van der Waals surface area contributed by atoms with Crippen LogP contribution in [0.4, 0.5) is 5.82 Å². The minimum absolute atomic E-state index is 0.276. The Bertz CT molecular complexity index is 674. The van der Waals surface area contributed by atoms with Crippen molar-refractivity contribution in [3.63, 3.8) is 0 Å². The van der Waals surface area contributed by atoms with Crippen LogP contribution in [0.25, 0.3) is 0 Å². The molecular weight excluding hydrogens is 314 g/mol. The number of pyridine rings is 1. The summed E-state index contributed by atoms with van der Waals surface area (Å²) >= 11 is 5.84. The zero-order valence-electron chi connectivity index (χ0n) is 13.3. The summed E-state index contributed by atoms with van der Waals surface area (Å²) < 4.78 is 0. The highest BCUT2D eigenvalue weighted by atomic mass is 35.5. The second-order valence-corrected chi connectivity index (χ2v) is 5.96. The number of amides is 1. The molecule has 1 heterocycles. The van der Waals surface area contributed by atoms with Crippen molar-refractivity contribution in [2.24, 2.45) is 0 Å². The summed E-state index contributed by atoms with van der Waals surface area (Å²) in [7, 11) is 3.65. The molecule has 0 aliphatic carbocycles. The number of benzene rings is 1. The van der Waals surface area contributed by atoms with Crippen molar-refractivity contribution < 1.29 is 9.90 Å². The quantitative estimate of drug-likeness (QED) is 0.883. The molecule has 0 bridgehead atoms. The molecule has 1 aromatic heterocycles. The molecule has 122 valence electrons. The number of hydrogen-bond acceptors (Lipinski definition) is 4. The third kappa shape index (κ3) is 4.21. The molecule has 1 aromatic carbocycles. The van der Waals surface area contributed by atoms with Crippen molar-refractivity contribution >= 4 is 23.3 Å². The molecule has 0 radical (unpaired) electrons. The maximum absolute atomic E-state index is 12.5. The van der Waals surface area contributed by atoms with Gasteiger partial charge in [-0.05, 0) is 36.8 Å². The van der Waals surface area contributed by atoms with Crippen LogP contribution < -0.4 is 10.2 Å². The Morgan fingerprint density at radius 3 is 2.52 bits per heavy atom. The lowest BCUT2D eigenvalue weighted by atomic mass is 10.0. The van der Waals surface area contributed by atoms with E-state index < -0.39 is 12.1 Å². The van der Waals surface area contributed by atoms with Crippen LogP contribution in [0.1, 0.15) is 28.9 Å². The van der Waals surface area contributed by atoms with Gasteiger partial charge in [-0.3, -0.25) is 4.79 Å². The zero-order chi connectivity index (χ0) is 17.0. The van der Waals surface area contributed by atoms with Gasteiger partial charge in [0, 0.05) is 25.3 Å². The summed E-state index contributed by atoms with van der Waals surface area (Å²) in [6.45, 7) is 1.75. The zero-order valence-corrected chi connectivity index (χ0v) is 14.1. The molecule has 2 unspecified atom stereocenters. The van der Waals surface area contributed by atoms with Crippen LogP contribution >= 0.6 is 11.6 Å². The highest BCUT2D eigenvalue weighted by Gasteiger charge is 2.21. The molecule has 2 rings (SSSR count). The van der Waals surface area contributed by atoms with Gasteiger partial charge in [0.05, 0.1) is 17.7 Å². The Hall–Kier alpha value is -2.11. The molecule has 0 spiro atoms. The van der Waals surface area contributed by atoms with E-state index in [9.17, 15) is 9.90 Å². The molecule has 0 aliphatic rings. The number of carbonyl (C=O) groups excluding carboxylic acids is 1. The van der Waals surface area contributed by atoms with E-state index in [1.807, 2.05) is 14.1 Å². The first-order valence-electron chi connectivity index (χ1n) is 7.27. The fraction of sp³-hybridized carbons (Fsp3) is 0.294. The first-order chi connectivity index (χ1) is 10.9. The Balaban J connectivity index is 2.12. The van der Waals surface area contributed by atoms with Gasteiger partial charge < -0.3 is 15.3 Å². The Morgan fingerprint density at radius 1 is 1.26 bits per heavy atom. The lowest BCUT2D eigenvalue weighted by Crippen LogP contribution is -2.37. The number of hydrogen-bond donors (Lipinski definition) is 2. The number of aliphatic hydroxyl groups excluding tert-OH is 1. The number of nitrogens with one attached hydrogen (secondary N) is 1. The average Bonchev–Trinajstić information content (AvgIpc) is 2.54. The predicted octanol–water partition coefficient (Wildman–Crippen LogP) is 2.65. The molecule has 6 heteroatoms. The number of anilines is 1. The van der Waals surface area contributed by atoms with E-state index in [0.29, 0.717) is 22.0 Å². The predicted molar refractivity (Wildman–Crippen MR) is 91.9 cm³/mol. The van der Waals surface area contributed by atoms with Crippen LogP contribution in [0.15, 0.2) is 42.6 Å². The van der Waals surface area contributed by atoms with Crippen molar-refractivity contribution in [1.82, 2.24) is 10.3 Å². The molecule has 2 N–H and O–H groups in total. The van der Waals surface area contributed by atoms with E-state index in [1.54, 1.807) is 54.4 Å². The number of carbonyl (C=O) groups is 1. The fourth-order valence-electron chi connectivity index (χ4n) is 2.24. The van der Waals surface area contributed by atoms with Gasteiger partial charge in [0.25, 0.3) is 5.91 Å². The molecule has 0 saturated heterocycles. The molecule has 2 atom stereocenters. The number of aliphatic hydroxyl groups is 1. The van der Waals surface area contributed by atoms with Gasteiger partial charge in [0.1, 0.15) is 5.82 Å². The number of halogens is 1. The Labute approximate surface area is 140 Å². The Morgan fingerprint density at radius 2 is 1.91 bits per heavy atom. The molecular formula is C17H20ClN3O2. The van der Waals surface area contributed by atoms with Crippen molar-refractivity contribution in [2.45, 2.75) is 19.1 Å². The maximum atomic E-state index is 12.5. The molecule has 1 amide bonds. The molecule has 5 nitrogen and oxygen atoms in total. The molecule has 0 fully saturated rings. The lowest BCUT2D eigenvalue weighted by Gasteiger charge is -2.22.